The van der Waals surface area contributed by atoms with Gasteiger partial charge in [-0.05, 0) is 48.6 Å². The highest BCUT2D eigenvalue weighted by molar-refractivity contribution is 6.06. The number of hydrogen-bond acceptors (Lipinski definition) is 5. The van der Waals surface area contributed by atoms with Crippen molar-refractivity contribution in [1.82, 2.24) is 19.6 Å². The minimum atomic E-state index is -0.541. The normalized spacial score (nSPS) is 21.8. The molecule has 7 rings (SSSR count). The second-order valence-electron chi connectivity index (χ2n) is 10.8. The molecule has 8 heteroatoms. The van der Waals surface area contributed by atoms with Crippen molar-refractivity contribution in [3.63, 3.8) is 0 Å². The van der Waals surface area contributed by atoms with Crippen LogP contribution in [0.15, 0.2) is 78.9 Å². The number of nitrogens with zero attached hydrogens (tertiary/aromatic N) is 4. The number of carbonyl (C=O) groups excluding carboxylic acids is 2. The van der Waals surface area contributed by atoms with Crippen LogP contribution in [0, 0.1) is 0 Å². The third kappa shape index (κ3) is 4.15. The van der Waals surface area contributed by atoms with Gasteiger partial charge in [-0.2, -0.15) is 5.10 Å². The first-order valence-corrected chi connectivity index (χ1v) is 13.7. The summed E-state index contributed by atoms with van der Waals surface area (Å²) in [5.74, 6) is -0.0220. The van der Waals surface area contributed by atoms with Crippen LogP contribution in [0.2, 0.25) is 0 Å². The molecule has 3 aliphatic rings. The molecule has 2 unspecified atom stereocenters. The molecule has 1 N–H and O–H groups in total. The topological polar surface area (TPSA) is 79.7 Å². The van der Waals surface area contributed by atoms with Crippen LogP contribution >= 0.6 is 0 Å². The maximum Gasteiger partial charge on any atom is 0.411 e. The molecule has 3 aromatic carbocycles. The molecule has 0 radical (unpaired) electrons. The maximum atomic E-state index is 14.1. The quantitative estimate of drug-likeness (QED) is 0.391. The molecule has 0 bridgehead atoms. The number of ether oxygens (including phenoxy) is 1. The lowest BCUT2D eigenvalue weighted by atomic mass is 9.61. The largest absolute Gasteiger partial charge is 0.444 e. The van der Waals surface area contributed by atoms with Crippen molar-refractivity contribution in [2.75, 3.05) is 25.0 Å². The number of benzene rings is 3. The Balaban J connectivity index is 1.18. The maximum absolute atomic E-state index is 14.1. The molecule has 1 saturated carbocycles. The Morgan fingerprint density at radius 1 is 0.923 bits per heavy atom. The van der Waals surface area contributed by atoms with Crippen LogP contribution in [-0.2, 0) is 17.9 Å². The third-order valence-electron chi connectivity index (χ3n) is 8.75. The number of amides is 2. The summed E-state index contributed by atoms with van der Waals surface area (Å²) in [6, 6.07) is 25.5. The Kier molecular flexibility index (Phi) is 5.85. The number of anilines is 1. The molecular formula is C31H31N5O3. The van der Waals surface area contributed by atoms with Gasteiger partial charge in [0.25, 0.3) is 5.91 Å². The molecule has 8 nitrogen and oxygen atoms in total. The van der Waals surface area contributed by atoms with Gasteiger partial charge in [-0.1, -0.05) is 60.7 Å². The number of fused-ring (bicyclic) bond motifs is 1. The van der Waals surface area contributed by atoms with Crippen LogP contribution in [0.5, 0.6) is 0 Å². The molecule has 1 aromatic heterocycles. The zero-order chi connectivity index (χ0) is 26.4. The zero-order valence-electron chi connectivity index (χ0n) is 21.8. The monoisotopic (exact) mass is 521 g/mol. The van der Waals surface area contributed by atoms with E-state index in [-0.39, 0.29) is 24.1 Å². The fraction of sp³-hybridized carbons (Fsp3) is 0.323. The van der Waals surface area contributed by atoms with E-state index in [0.717, 1.165) is 48.1 Å². The van der Waals surface area contributed by atoms with Crippen LogP contribution in [0.25, 0.3) is 10.9 Å². The molecule has 2 aliphatic heterocycles. The number of piperazine rings is 1. The molecule has 1 spiro atoms. The van der Waals surface area contributed by atoms with Gasteiger partial charge in [-0.25, -0.2) is 4.79 Å². The molecule has 3 heterocycles. The predicted octanol–water partition coefficient (Wildman–Crippen LogP) is 4.90. The fourth-order valence-electron chi connectivity index (χ4n) is 6.54. The van der Waals surface area contributed by atoms with Gasteiger partial charge in [-0.15, -0.1) is 0 Å². The summed E-state index contributed by atoms with van der Waals surface area (Å²) in [6.45, 7) is 3.52. The van der Waals surface area contributed by atoms with Crippen molar-refractivity contribution in [1.29, 1.82) is 0 Å². The first-order chi connectivity index (χ1) is 19.1. The van der Waals surface area contributed by atoms with Crippen LogP contribution in [-0.4, -0.2) is 62.8 Å². The lowest BCUT2D eigenvalue weighted by molar-refractivity contribution is -0.161. The Morgan fingerprint density at radius 2 is 1.69 bits per heavy atom. The number of rotatable bonds is 6. The van der Waals surface area contributed by atoms with Crippen LogP contribution < -0.4 is 5.32 Å². The van der Waals surface area contributed by atoms with Gasteiger partial charge in [0.2, 0.25) is 0 Å². The fourth-order valence-corrected chi connectivity index (χ4v) is 6.54. The van der Waals surface area contributed by atoms with E-state index in [0.29, 0.717) is 17.9 Å². The highest BCUT2D eigenvalue weighted by atomic mass is 16.5. The van der Waals surface area contributed by atoms with Gasteiger partial charge < -0.3 is 9.64 Å². The van der Waals surface area contributed by atoms with E-state index in [4.69, 9.17) is 9.84 Å². The van der Waals surface area contributed by atoms with Gasteiger partial charge >= 0.3 is 6.09 Å². The number of aromatic nitrogens is 2. The van der Waals surface area contributed by atoms with E-state index < -0.39 is 6.09 Å². The highest BCUT2D eigenvalue weighted by Crippen LogP contribution is 2.51. The van der Waals surface area contributed by atoms with Crippen molar-refractivity contribution in [2.45, 2.75) is 44.0 Å². The van der Waals surface area contributed by atoms with Gasteiger partial charge in [0.1, 0.15) is 6.61 Å². The molecule has 39 heavy (non-hydrogen) atoms. The van der Waals surface area contributed by atoms with Crippen molar-refractivity contribution in [2.24, 2.45) is 0 Å². The van der Waals surface area contributed by atoms with E-state index in [1.54, 1.807) is 0 Å². The van der Waals surface area contributed by atoms with E-state index in [1.165, 1.54) is 12.8 Å². The molecule has 1 aliphatic carbocycles. The van der Waals surface area contributed by atoms with Gasteiger partial charge in [0, 0.05) is 36.2 Å². The molecular weight excluding hydrogens is 490 g/mol. The predicted molar refractivity (Wildman–Crippen MR) is 149 cm³/mol. The minimum Gasteiger partial charge on any atom is -0.444 e. The molecule has 2 saturated heterocycles. The summed E-state index contributed by atoms with van der Waals surface area (Å²) in [4.78, 5) is 31.2. The summed E-state index contributed by atoms with van der Waals surface area (Å²) >= 11 is 0. The summed E-state index contributed by atoms with van der Waals surface area (Å²) < 4.78 is 7.31. The SMILES string of the molecule is O=C(Nc1ccc2c(c1)c(C(=O)N1CCN3CCC34CCC14)nn2Cc1ccccc1)OCc1ccccc1. The van der Waals surface area contributed by atoms with Crippen LogP contribution in [0.3, 0.4) is 0 Å². The molecule has 2 amide bonds. The Labute approximate surface area is 227 Å². The zero-order valence-corrected chi connectivity index (χ0v) is 21.8. The van der Waals surface area contributed by atoms with Crippen molar-refractivity contribution in [3.8, 4) is 0 Å². The lowest BCUT2D eigenvalue weighted by Crippen LogP contribution is -2.79. The second-order valence-corrected chi connectivity index (χ2v) is 10.8. The van der Waals surface area contributed by atoms with E-state index in [2.05, 4.69) is 27.2 Å². The summed E-state index contributed by atoms with van der Waals surface area (Å²) in [5, 5.41) is 8.43. The first-order valence-electron chi connectivity index (χ1n) is 13.7. The lowest BCUT2D eigenvalue weighted by Gasteiger charge is -2.68. The third-order valence-corrected chi connectivity index (χ3v) is 8.75. The molecule has 2 atom stereocenters. The van der Waals surface area contributed by atoms with E-state index in [9.17, 15) is 9.59 Å². The molecule has 3 fully saturated rings. The number of nitrogens with one attached hydrogen (secondary N) is 1. The average molecular weight is 522 g/mol. The minimum absolute atomic E-state index is 0.0220. The second kappa shape index (κ2) is 9.54. The Bertz CT molecular complexity index is 1530. The van der Waals surface area contributed by atoms with Crippen LogP contribution in [0.4, 0.5) is 10.5 Å². The van der Waals surface area contributed by atoms with Crippen molar-refractivity contribution in [3.05, 3.63) is 95.7 Å². The molecule has 198 valence electrons. The van der Waals surface area contributed by atoms with E-state index >= 15 is 0 Å². The van der Waals surface area contributed by atoms with Gasteiger partial charge in [-0.3, -0.25) is 19.7 Å². The summed E-state index contributed by atoms with van der Waals surface area (Å²) in [7, 11) is 0. The van der Waals surface area contributed by atoms with Gasteiger partial charge in [0.05, 0.1) is 18.1 Å². The Hall–Kier alpha value is -4.17. The number of carbonyl (C=O) groups is 2. The van der Waals surface area contributed by atoms with E-state index in [1.807, 2.05) is 71.4 Å². The van der Waals surface area contributed by atoms with Gasteiger partial charge in [0.15, 0.2) is 5.69 Å². The number of hydrogen-bond donors (Lipinski definition) is 1. The highest BCUT2D eigenvalue weighted by Gasteiger charge is 2.61. The summed E-state index contributed by atoms with van der Waals surface area (Å²) in [6.07, 6.45) is 2.85. The molecule has 4 aromatic rings. The standard InChI is InChI=1S/C31H31N5O3/c37-29(35-18-17-34-16-15-31(34)14-13-27(31)35)28-25-19-24(32-30(38)39-21-23-9-5-2-6-10-23)11-12-26(25)36(33-28)20-22-7-3-1-4-8-22/h1-12,19,27H,13-18,20-21H2,(H,32,38). The average Bonchev–Trinajstić information content (AvgIpc) is 3.27. The van der Waals surface area contributed by atoms with Crippen molar-refractivity contribution < 1.29 is 14.3 Å². The summed E-state index contributed by atoms with van der Waals surface area (Å²) in [5.41, 5.74) is 4.07. The van der Waals surface area contributed by atoms with Crippen LogP contribution in [0.1, 0.15) is 40.9 Å². The van der Waals surface area contributed by atoms with Crippen molar-refractivity contribution >= 4 is 28.6 Å². The first kappa shape index (κ1) is 23.9. The Morgan fingerprint density at radius 3 is 2.38 bits per heavy atom. The smallest absolute Gasteiger partial charge is 0.411 e.